The monoisotopic (exact) mass is 352 g/mol. The first-order valence-corrected chi connectivity index (χ1v) is 8.32. The average Bonchev–Trinajstić information content (AvgIpc) is 3.01. The van der Waals surface area contributed by atoms with Gasteiger partial charge in [-0.25, -0.2) is 10.5 Å². The normalized spacial score (nSPS) is 10.4. The SMILES string of the molecule is COc1ccc2sc(NCC(=O)NCCCCC(=O)NO)nc2c1. The fourth-order valence-electron chi connectivity index (χ4n) is 2.02. The summed E-state index contributed by atoms with van der Waals surface area (Å²) in [6, 6.07) is 5.65. The molecule has 4 N–H and O–H groups in total. The predicted molar refractivity (Wildman–Crippen MR) is 91.5 cm³/mol. The Balaban J connectivity index is 1.71. The molecule has 0 unspecified atom stereocenters. The molecule has 0 saturated carbocycles. The van der Waals surface area contributed by atoms with Crippen LogP contribution in [0.25, 0.3) is 10.2 Å². The van der Waals surface area contributed by atoms with Gasteiger partial charge in [0.15, 0.2) is 5.13 Å². The maximum atomic E-state index is 11.7. The fraction of sp³-hybridized carbons (Fsp3) is 0.400. The molecule has 0 spiro atoms. The summed E-state index contributed by atoms with van der Waals surface area (Å²) >= 11 is 1.47. The molecule has 0 aliphatic carbocycles. The second kappa shape index (κ2) is 9.04. The van der Waals surface area contributed by atoms with E-state index in [0.29, 0.717) is 24.5 Å². The average molecular weight is 352 g/mol. The van der Waals surface area contributed by atoms with Gasteiger partial charge in [-0.05, 0) is 25.0 Å². The highest BCUT2D eigenvalue weighted by molar-refractivity contribution is 7.22. The molecule has 0 saturated heterocycles. The van der Waals surface area contributed by atoms with Gasteiger partial charge in [0.05, 0.1) is 23.9 Å². The lowest BCUT2D eigenvalue weighted by Gasteiger charge is -2.05. The molecule has 24 heavy (non-hydrogen) atoms. The van der Waals surface area contributed by atoms with Crippen molar-refractivity contribution in [3.05, 3.63) is 18.2 Å². The number of anilines is 1. The van der Waals surface area contributed by atoms with E-state index in [-0.39, 0.29) is 18.9 Å². The molecule has 130 valence electrons. The van der Waals surface area contributed by atoms with E-state index in [4.69, 9.17) is 9.94 Å². The van der Waals surface area contributed by atoms with E-state index in [0.717, 1.165) is 16.0 Å². The van der Waals surface area contributed by atoms with Crippen molar-refractivity contribution >= 4 is 38.5 Å². The Kier molecular flexibility index (Phi) is 6.76. The number of hydroxylamine groups is 1. The van der Waals surface area contributed by atoms with Crippen molar-refractivity contribution in [3.63, 3.8) is 0 Å². The van der Waals surface area contributed by atoms with Crippen molar-refractivity contribution in [2.75, 3.05) is 25.5 Å². The van der Waals surface area contributed by atoms with E-state index in [9.17, 15) is 9.59 Å². The van der Waals surface area contributed by atoms with E-state index < -0.39 is 5.91 Å². The second-order valence-corrected chi connectivity index (χ2v) is 6.08. The molecule has 0 aliphatic heterocycles. The number of nitrogens with zero attached hydrogens (tertiary/aromatic N) is 1. The van der Waals surface area contributed by atoms with Gasteiger partial charge >= 0.3 is 0 Å². The first-order valence-electron chi connectivity index (χ1n) is 7.50. The molecule has 1 aromatic heterocycles. The zero-order valence-electron chi connectivity index (χ0n) is 13.3. The molecule has 1 heterocycles. The molecule has 2 aromatic rings. The van der Waals surface area contributed by atoms with E-state index in [1.807, 2.05) is 18.2 Å². The highest BCUT2D eigenvalue weighted by Gasteiger charge is 2.07. The van der Waals surface area contributed by atoms with Gasteiger partial charge in [-0.2, -0.15) is 0 Å². The first-order chi connectivity index (χ1) is 11.6. The number of methoxy groups -OCH3 is 1. The molecule has 0 radical (unpaired) electrons. The number of nitrogens with one attached hydrogen (secondary N) is 3. The van der Waals surface area contributed by atoms with E-state index in [1.54, 1.807) is 12.6 Å². The van der Waals surface area contributed by atoms with Gasteiger partial charge in [0.2, 0.25) is 11.8 Å². The van der Waals surface area contributed by atoms with Crippen molar-refractivity contribution in [2.24, 2.45) is 0 Å². The molecule has 2 rings (SSSR count). The Morgan fingerprint density at radius 2 is 2.12 bits per heavy atom. The van der Waals surface area contributed by atoms with Gasteiger partial charge in [-0.15, -0.1) is 0 Å². The Bertz CT molecular complexity index is 704. The van der Waals surface area contributed by atoms with E-state index in [2.05, 4.69) is 15.6 Å². The number of unbranched alkanes of at least 4 members (excludes halogenated alkanes) is 1. The summed E-state index contributed by atoms with van der Waals surface area (Å²) in [5, 5.41) is 14.8. The number of hydrogen-bond donors (Lipinski definition) is 4. The third-order valence-corrected chi connectivity index (χ3v) is 4.27. The topological polar surface area (TPSA) is 113 Å². The van der Waals surface area contributed by atoms with Gasteiger partial charge in [-0.3, -0.25) is 14.8 Å². The Morgan fingerprint density at radius 1 is 1.29 bits per heavy atom. The molecule has 1 aromatic carbocycles. The van der Waals surface area contributed by atoms with Crippen LogP contribution in [0.3, 0.4) is 0 Å². The minimum Gasteiger partial charge on any atom is -0.497 e. The number of aromatic nitrogens is 1. The van der Waals surface area contributed by atoms with Crippen molar-refractivity contribution in [3.8, 4) is 5.75 Å². The van der Waals surface area contributed by atoms with Crippen molar-refractivity contribution in [1.82, 2.24) is 15.8 Å². The van der Waals surface area contributed by atoms with Crippen LogP contribution < -0.4 is 20.9 Å². The lowest BCUT2D eigenvalue weighted by molar-refractivity contribution is -0.129. The lowest BCUT2D eigenvalue weighted by atomic mass is 10.2. The standard InChI is InChI=1S/C15H20N4O4S/c1-23-10-5-6-12-11(8-10)18-15(24-12)17-9-14(21)16-7-3-2-4-13(20)19-22/h5-6,8,22H,2-4,7,9H2,1H3,(H,16,21)(H,17,18)(H,19,20). The summed E-state index contributed by atoms with van der Waals surface area (Å²) in [5.41, 5.74) is 2.39. The van der Waals surface area contributed by atoms with Gasteiger partial charge < -0.3 is 15.4 Å². The zero-order valence-corrected chi connectivity index (χ0v) is 14.1. The Labute approximate surface area is 143 Å². The molecule has 0 bridgehead atoms. The third-order valence-electron chi connectivity index (χ3n) is 3.27. The highest BCUT2D eigenvalue weighted by Crippen LogP contribution is 2.28. The molecule has 8 nitrogen and oxygen atoms in total. The fourth-order valence-corrected chi connectivity index (χ4v) is 2.86. The maximum absolute atomic E-state index is 11.7. The van der Waals surface area contributed by atoms with Crippen LogP contribution in [0.1, 0.15) is 19.3 Å². The van der Waals surface area contributed by atoms with Crippen LogP contribution in [0, 0.1) is 0 Å². The van der Waals surface area contributed by atoms with Crippen LogP contribution in [-0.4, -0.2) is 42.2 Å². The minimum absolute atomic E-state index is 0.133. The number of carbonyl (C=O) groups excluding carboxylic acids is 2. The smallest absolute Gasteiger partial charge is 0.243 e. The van der Waals surface area contributed by atoms with Crippen molar-refractivity contribution in [1.29, 1.82) is 0 Å². The van der Waals surface area contributed by atoms with Gasteiger partial charge in [0.1, 0.15) is 5.75 Å². The van der Waals surface area contributed by atoms with Crippen molar-refractivity contribution in [2.45, 2.75) is 19.3 Å². The van der Waals surface area contributed by atoms with Crippen LogP contribution in [0.2, 0.25) is 0 Å². The van der Waals surface area contributed by atoms with E-state index in [1.165, 1.54) is 11.3 Å². The lowest BCUT2D eigenvalue weighted by Crippen LogP contribution is -2.30. The number of ether oxygens (including phenoxy) is 1. The molecule has 0 aliphatic rings. The number of hydrogen-bond acceptors (Lipinski definition) is 7. The first kappa shape index (κ1) is 18.0. The summed E-state index contributed by atoms with van der Waals surface area (Å²) in [7, 11) is 1.60. The molecule has 9 heteroatoms. The van der Waals surface area contributed by atoms with Crippen LogP contribution in [0.5, 0.6) is 5.75 Å². The number of amides is 2. The molecule has 2 amide bonds. The largest absolute Gasteiger partial charge is 0.497 e. The molecular weight excluding hydrogens is 332 g/mol. The summed E-state index contributed by atoms with van der Waals surface area (Å²) in [5.74, 6) is 0.181. The maximum Gasteiger partial charge on any atom is 0.243 e. The van der Waals surface area contributed by atoms with Crippen LogP contribution in [0.15, 0.2) is 18.2 Å². The minimum atomic E-state index is -0.421. The molecule has 0 atom stereocenters. The van der Waals surface area contributed by atoms with Gasteiger partial charge in [-0.1, -0.05) is 11.3 Å². The quantitative estimate of drug-likeness (QED) is 0.309. The zero-order chi connectivity index (χ0) is 17.4. The van der Waals surface area contributed by atoms with Gasteiger partial charge in [0.25, 0.3) is 0 Å². The number of rotatable bonds is 9. The second-order valence-electron chi connectivity index (χ2n) is 5.05. The number of carbonyl (C=O) groups is 2. The Morgan fingerprint density at radius 3 is 2.88 bits per heavy atom. The van der Waals surface area contributed by atoms with Crippen LogP contribution in [0.4, 0.5) is 5.13 Å². The van der Waals surface area contributed by atoms with Crippen LogP contribution in [-0.2, 0) is 9.59 Å². The highest BCUT2D eigenvalue weighted by atomic mass is 32.1. The number of thiazole rings is 1. The summed E-state index contributed by atoms with van der Waals surface area (Å²) in [6.07, 6.45) is 1.50. The predicted octanol–water partition coefficient (Wildman–Crippen LogP) is 1.51. The summed E-state index contributed by atoms with van der Waals surface area (Å²) in [6.45, 7) is 0.615. The van der Waals surface area contributed by atoms with Gasteiger partial charge in [0, 0.05) is 19.0 Å². The Hall–Kier alpha value is -2.39. The van der Waals surface area contributed by atoms with E-state index >= 15 is 0 Å². The number of benzene rings is 1. The van der Waals surface area contributed by atoms with Crippen molar-refractivity contribution < 1.29 is 19.5 Å². The third kappa shape index (κ3) is 5.36. The molecule has 0 fully saturated rings. The summed E-state index contributed by atoms with van der Waals surface area (Å²) in [4.78, 5) is 27.0. The van der Waals surface area contributed by atoms with Crippen LogP contribution >= 0.6 is 11.3 Å². The summed E-state index contributed by atoms with van der Waals surface area (Å²) < 4.78 is 6.17. The molecular formula is C15H20N4O4S. The number of fused-ring (bicyclic) bond motifs is 1.